The van der Waals surface area contributed by atoms with Gasteiger partial charge in [0.2, 0.25) is 11.0 Å². The number of aromatic nitrogens is 2. The van der Waals surface area contributed by atoms with E-state index in [1.54, 1.807) is 0 Å². The van der Waals surface area contributed by atoms with Crippen molar-refractivity contribution in [2.75, 3.05) is 24.2 Å². The molecule has 2 aromatic rings. The topological polar surface area (TPSA) is 58.1 Å². The largest absolute Gasteiger partial charge is 0.360 e. The number of anilines is 1. The second-order valence-corrected chi connectivity index (χ2v) is 8.03. The zero-order valence-electron chi connectivity index (χ0n) is 14.4. The first-order chi connectivity index (χ1) is 11.6. The lowest BCUT2D eigenvalue weighted by Gasteiger charge is -2.20. The van der Waals surface area contributed by atoms with Crippen LogP contribution in [0.3, 0.4) is 0 Å². The summed E-state index contributed by atoms with van der Waals surface area (Å²) in [7, 11) is 0. The van der Waals surface area contributed by atoms with Crippen molar-refractivity contribution in [2.24, 2.45) is 5.92 Å². The second-order valence-electron chi connectivity index (χ2n) is 5.83. The van der Waals surface area contributed by atoms with E-state index in [0.717, 1.165) is 21.6 Å². The summed E-state index contributed by atoms with van der Waals surface area (Å²) in [5, 5.41) is 12.3. The van der Waals surface area contributed by atoms with Gasteiger partial charge in [0.25, 0.3) is 0 Å². The molecule has 0 aliphatic carbocycles. The normalized spacial score (nSPS) is 10.8. The average molecular weight is 365 g/mol. The van der Waals surface area contributed by atoms with Gasteiger partial charge in [-0.1, -0.05) is 67.3 Å². The summed E-state index contributed by atoms with van der Waals surface area (Å²) < 4.78 is 0.824. The van der Waals surface area contributed by atoms with Crippen molar-refractivity contribution in [3.63, 3.8) is 0 Å². The SMILES string of the molecule is CCN(Cc1ccccc1)C(=O)CSc1nnc(NCC(C)C)s1. The number of hydrogen-bond acceptors (Lipinski definition) is 6. The maximum absolute atomic E-state index is 12.4. The molecule has 7 heteroatoms. The van der Waals surface area contributed by atoms with Gasteiger partial charge in [0, 0.05) is 19.6 Å². The highest BCUT2D eigenvalue weighted by molar-refractivity contribution is 8.01. The molecule has 1 heterocycles. The van der Waals surface area contributed by atoms with Gasteiger partial charge in [0.05, 0.1) is 5.75 Å². The molecule has 0 spiro atoms. The summed E-state index contributed by atoms with van der Waals surface area (Å²) in [6, 6.07) is 10.1. The van der Waals surface area contributed by atoms with Crippen LogP contribution in [0.1, 0.15) is 26.3 Å². The molecule has 0 saturated carbocycles. The minimum Gasteiger partial charge on any atom is -0.360 e. The van der Waals surface area contributed by atoms with Crippen LogP contribution in [0.25, 0.3) is 0 Å². The number of carbonyl (C=O) groups excluding carboxylic acids is 1. The van der Waals surface area contributed by atoms with Crippen LogP contribution >= 0.6 is 23.1 Å². The molecule has 24 heavy (non-hydrogen) atoms. The monoisotopic (exact) mass is 364 g/mol. The fourth-order valence-corrected chi connectivity index (χ4v) is 3.69. The Hall–Kier alpha value is -1.60. The third-order valence-corrected chi connectivity index (χ3v) is 5.34. The minimum absolute atomic E-state index is 0.123. The van der Waals surface area contributed by atoms with Gasteiger partial charge in [-0.25, -0.2) is 0 Å². The summed E-state index contributed by atoms with van der Waals surface area (Å²) in [5.74, 6) is 1.07. The highest BCUT2D eigenvalue weighted by Gasteiger charge is 2.14. The summed E-state index contributed by atoms with van der Waals surface area (Å²) in [4.78, 5) is 14.3. The fourth-order valence-electron chi connectivity index (χ4n) is 2.03. The summed E-state index contributed by atoms with van der Waals surface area (Å²) in [5.41, 5.74) is 1.15. The molecule has 1 aromatic carbocycles. The van der Waals surface area contributed by atoms with Crippen LogP contribution in [-0.4, -0.2) is 39.8 Å². The number of rotatable bonds is 9. The summed E-state index contributed by atoms with van der Waals surface area (Å²) >= 11 is 2.95. The first-order valence-electron chi connectivity index (χ1n) is 8.10. The minimum atomic E-state index is 0.123. The van der Waals surface area contributed by atoms with Crippen LogP contribution in [0, 0.1) is 5.92 Å². The van der Waals surface area contributed by atoms with Crippen molar-refractivity contribution >= 4 is 34.1 Å². The van der Waals surface area contributed by atoms with E-state index in [4.69, 9.17) is 0 Å². The molecule has 0 fully saturated rings. The predicted octanol–water partition coefficient (Wildman–Crippen LogP) is 3.75. The first kappa shape index (κ1) is 18.7. The van der Waals surface area contributed by atoms with Gasteiger partial charge in [0.15, 0.2) is 4.34 Å². The van der Waals surface area contributed by atoms with Gasteiger partial charge < -0.3 is 10.2 Å². The van der Waals surface area contributed by atoms with Crippen molar-refractivity contribution in [3.8, 4) is 0 Å². The zero-order chi connectivity index (χ0) is 17.4. The van der Waals surface area contributed by atoms with Gasteiger partial charge in [0.1, 0.15) is 0 Å². The third-order valence-electron chi connectivity index (χ3n) is 3.34. The smallest absolute Gasteiger partial charge is 0.233 e. The second kappa shape index (κ2) is 9.64. The molecule has 130 valence electrons. The van der Waals surface area contributed by atoms with Gasteiger partial charge in [-0.05, 0) is 18.4 Å². The van der Waals surface area contributed by atoms with Crippen molar-refractivity contribution < 1.29 is 4.79 Å². The molecule has 1 N–H and O–H groups in total. The van der Waals surface area contributed by atoms with Gasteiger partial charge >= 0.3 is 0 Å². The number of carbonyl (C=O) groups is 1. The van der Waals surface area contributed by atoms with E-state index in [0.29, 0.717) is 24.8 Å². The molecule has 1 aromatic heterocycles. The Morgan fingerprint density at radius 3 is 2.71 bits per heavy atom. The average Bonchev–Trinajstić information content (AvgIpc) is 3.04. The first-order valence-corrected chi connectivity index (χ1v) is 9.90. The molecule has 0 unspecified atom stereocenters. The van der Waals surface area contributed by atoms with Crippen LogP contribution in [-0.2, 0) is 11.3 Å². The Labute approximate surface area is 151 Å². The van der Waals surface area contributed by atoms with E-state index in [9.17, 15) is 4.79 Å². The predicted molar refractivity (Wildman–Crippen MR) is 101 cm³/mol. The number of nitrogens with zero attached hydrogens (tertiary/aromatic N) is 3. The van der Waals surface area contributed by atoms with Crippen LogP contribution < -0.4 is 5.32 Å². The van der Waals surface area contributed by atoms with Crippen molar-refractivity contribution in [3.05, 3.63) is 35.9 Å². The Morgan fingerprint density at radius 2 is 2.04 bits per heavy atom. The molecule has 2 rings (SSSR count). The van der Waals surface area contributed by atoms with E-state index in [1.165, 1.54) is 23.1 Å². The molecule has 0 aliphatic rings. The summed E-state index contributed by atoms with van der Waals surface area (Å²) in [6.07, 6.45) is 0. The summed E-state index contributed by atoms with van der Waals surface area (Å²) in [6.45, 7) is 8.52. The van der Waals surface area contributed by atoms with E-state index < -0.39 is 0 Å². The lowest BCUT2D eigenvalue weighted by atomic mass is 10.2. The Bertz CT molecular complexity index is 631. The Balaban J connectivity index is 1.82. The van der Waals surface area contributed by atoms with Crippen molar-refractivity contribution in [2.45, 2.75) is 31.7 Å². The van der Waals surface area contributed by atoms with Crippen molar-refractivity contribution in [1.29, 1.82) is 0 Å². The maximum atomic E-state index is 12.4. The number of benzene rings is 1. The molecule has 0 atom stereocenters. The van der Waals surface area contributed by atoms with E-state index in [1.807, 2.05) is 42.2 Å². The Morgan fingerprint density at radius 1 is 1.29 bits per heavy atom. The molecular formula is C17H24N4OS2. The van der Waals surface area contributed by atoms with Crippen LogP contribution in [0.4, 0.5) is 5.13 Å². The molecule has 5 nitrogen and oxygen atoms in total. The fraction of sp³-hybridized carbons (Fsp3) is 0.471. The number of amides is 1. The molecular weight excluding hydrogens is 340 g/mol. The van der Waals surface area contributed by atoms with Crippen LogP contribution in [0.15, 0.2) is 34.7 Å². The highest BCUT2D eigenvalue weighted by atomic mass is 32.2. The lowest BCUT2D eigenvalue weighted by molar-refractivity contribution is -0.128. The van der Waals surface area contributed by atoms with E-state index >= 15 is 0 Å². The van der Waals surface area contributed by atoms with Crippen LogP contribution in [0.5, 0.6) is 0 Å². The van der Waals surface area contributed by atoms with Crippen molar-refractivity contribution in [1.82, 2.24) is 15.1 Å². The molecule has 0 aliphatic heterocycles. The number of nitrogens with one attached hydrogen (secondary N) is 1. The molecule has 1 amide bonds. The highest BCUT2D eigenvalue weighted by Crippen LogP contribution is 2.26. The van der Waals surface area contributed by atoms with Gasteiger partial charge in [-0.2, -0.15) is 0 Å². The lowest BCUT2D eigenvalue weighted by Crippen LogP contribution is -2.31. The van der Waals surface area contributed by atoms with E-state index in [-0.39, 0.29) is 5.91 Å². The standard InChI is InChI=1S/C17H24N4OS2/c1-4-21(11-14-8-6-5-7-9-14)15(22)12-23-17-20-19-16(24-17)18-10-13(2)3/h5-9,13H,4,10-12H2,1-3H3,(H,18,19). The van der Waals surface area contributed by atoms with Gasteiger partial charge in [-0.3, -0.25) is 4.79 Å². The van der Waals surface area contributed by atoms with Gasteiger partial charge in [-0.15, -0.1) is 10.2 Å². The number of hydrogen-bond donors (Lipinski definition) is 1. The van der Waals surface area contributed by atoms with E-state index in [2.05, 4.69) is 29.4 Å². The third kappa shape index (κ3) is 6.13. The Kier molecular flexibility index (Phi) is 7.52. The zero-order valence-corrected chi connectivity index (χ0v) is 16.0. The maximum Gasteiger partial charge on any atom is 0.233 e. The number of thioether (sulfide) groups is 1. The molecule has 0 bridgehead atoms. The quantitative estimate of drug-likeness (QED) is 0.687. The van der Waals surface area contributed by atoms with Crippen LogP contribution in [0.2, 0.25) is 0 Å². The molecule has 0 radical (unpaired) electrons. The molecule has 0 saturated heterocycles.